The van der Waals surface area contributed by atoms with Gasteiger partial charge in [0.15, 0.2) is 0 Å². The molecule has 2 aliphatic rings. The van der Waals surface area contributed by atoms with Crippen molar-refractivity contribution < 1.29 is 19.5 Å². The number of hydrogen-bond acceptors (Lipinski definition) is 2. The predicted octanol–water partition coefficient (Wildman–Crippen LogP) is 5.00. The van der Waals surface area contributed by atoms with Gasteiger partial charge in [0.05, 0.1) is 0 Å². The molecular weight excluding hydrogens is 310 g/mol. The van der Waals surface area contributed by atoms with Crippen molar-refractivity contribution in [2.24, 2.45) is 11.8 Å². The standard InChI is InChI=1S/C11H16N2.C7H13.Zn/c1-2-5-10(6-3-1)9-11-12-7-4-8-13-11;1-7-5-3-2-4-6-7;/h4,7-8,10H,1-3,5-6,9H2;7H,1-6H2;/q;-1;. The fourth-order valence-electron chi connectivity index (χ4n) is 3.27. The maximum atomic E-state index is 4.26. The van der Waals surface area contributed by atoms with E-state index in [0.717, 1.165) is 24.1 Å². The molecule has 1 aromatic rings. The Bertz CT molecular complexity index is 343. The van der Waals surface area contributed by atoms with Crippen LogP contribution >= 0.6 is 0 Å². The number of aromatic nitrogens is 2. The van der Waals surface area contributed by atoms with Gasteiger partial charge in [0, 0.05) is 38.3 Å². The zero-order chi connectivity index (χ0) is 14.0. The predicted molar refractivity (Wildman–Crippen MR) is 84.2 cm³/mol. The van der Waals surface area contributed by atoms with Crippen LogP contribution in [0, 0.1) is 18.8 Å². The van der Waals surface area contributed by atoms with Crippen molar-refractivity contribution in [1.82, 2.24) is 9.97 Å². The molecule has 0 aromatic carbocycles. The van der Waals surface area contributed by atoms with Gasteiger partial charge in [-0.05, 0) is 12.0 Å². The summed E-state index contributed by atoms with van der Waals surface area (Å²) in [4.78, 5) is 8.52. The third-order valence-corrected chi connectivity index (χ3v) is 4.54. The second-order valence-electron chi connectivity index (χ2n) is 6.38. The van der Waals surface area contributed by atoms with Crippen LogP contribution in [0.5, 0.6) is 0 Å². The van der Waals surface area contributed by atoms with Crippen LogP contribution in [0.3, 0.4) is 0 Å². The van der Waals surface area contributed by atoms with Gasteiger partial charge in [0.2, 0.25) is 0 Å². The fraction of sp³-hybridized carbons (Fsp3) is 0.722. The minimum atomic E-state index is 0. The Morgan fingerprint density at radius 3 is 1.86 bits per heavy atom. The minimum absolute atomic E-state index is 0. The molecule has 2 saturated carbocycles. The van der Waals surface area contributed by atoms with E-state index in [1.165, 1.54) is 64.2 Å². The van der Waals surface area contributed by atoms with Crippen LogP contribution in [0.2, 0.25) is 0 Å². The molecule has 0 bridgehead atoms. The second-order valence-corrected chi connectivity index (χ2v) is 6.38. The van der Waals surface area contributed by atoms with Crippen LogP contribution in [0.4, 0.5) is 0 Å². The van der Waals surface area contributed by atoms with Gasteiger partial charge in [-0.1, -0.05) is 64.2 Å². The topological polar surface area (TPSA) is 25.8 Å². The number of nitrogens with zero attached hydrogens (tertiary/aromatic N) is 2. The fourth-order valence-corrected chi connectivity index (χ4v) is 3.27. The molecule has 1 aromatic heterocycles. The van der Waals surface area contributed by atoms with Crippen LogP contribution in [-0.2, 0) is 25.9 Å². The second kappa shape index (κ2) is 11.3. The molecule has 1 heterocycles. The maximum Gasteiger partial charge on any atom is 0.128 e. The quantitative estimate of drug-likeness (QED) is 0.560. The maximum absolute atomic E-state index is 4.26. The first kappa shape index (κ1) is 18.8. The van der Waals surface area contributed by atoms with Crippen molar-refractivity contribution in [3.8, 4) is 0 Å². The van der Waals surface area contributed by atoms with E-state index in [-0.39, 0.29) is 19.5 Å². The van der Waals surface area contributed by atoms with Crippen molar-refractivity contribution in [3.63, 3.8) is 0 Å². The summed E-state index contributed by atoms with van der Waals surface area (Å²) in [6.45, 7) is 4.00. The molecule has 2 aliphatic carbocycles. The third-order valence-electron chi connectivity index (χ3n) is 4.54. The molecule has 21 heavy (non-hydrogen) atoms. The third kappa shape index (κ3) is 8.05. The molecule has 0 radical (unpaired) electrons. The summed E-state index contributed by atoms with van der Waals surface area (Å²) in [5, 5.41) is 0. The molecule has 0 saturated heterocycles. The van der Waals surface area contributed by atoms with Gasteiger partial charge < -0.3 is 6.92 Å². The molecule has 3 rings (SSSR count). The molecule has 0 atom stereocenters. The van der Waals surface area contributed by atoms with E-state index in [9.17, 15) is 0 Å². The van der Waals surface area contributed by atoms with Crippen LogP contribution in [0.1, 0.15) is 70.0 Å². The Hall–Kier alpha value is -0.297. The summed E-state index contributed by atoms with van der Waals surface area (Å²) >= 11 is 0. The van der Waals surface area contributed by atoms with Gasteiger partial charge in [-0.2, -0.15) is 5.92 Å². The zero-order valence-electron chi connectivity index (χ0n) is 13.5. The van der Waals surface area contributed by atoms with Crippen molar-refractivity contribution in [1.29, 1.82) is 0 Å². The van der Waals surface area contributed by atoms with E-state index in [1.807, 2.05) is 18.5 Å². The first-order chi connectivity index (χ1) is 9.84. The molecule has 0 spiro atoms. The molecular formula is C18H29N2Zn-. The van der Waals surface area contributed by atoms with Gasteiger partial charge in [-0.15, -0.1) is 0 Å². The molecule has 0 N–H and O–H groups in total. The van der Waals surface area contributed by atoms with E-state index >= 15 is 0 Å². The van der Waals surface area contributed by atoms with Gasteiger partial charge in [0.1, 0.15) is 5.82 Å². The summed E-state index contributed by atoms with van der Waals surface area (Å²) in [5.41, 5.74) is 0. The summed E-state index contributed by atoms with van der Waals surface area (Å²) < 4.78 is 0. The van der Waals surface area contributed by atoms with Gasteiger partial charge >= 0.3 is 0 Å². The Morgan fingerprint density at radius 2 is 1.38 bits per heavy atom. The molecule has 3 heteroatoms. The smallest absolute Gasteiger partial charge is 0.128 e. The summed E-state index contributed by atoms with van der Waals surface area (Å²) in [5.74, 6) is 2.65. The molecule has 0 aliphatic heterocycles. The summed E-state index contributed by atoms with van der Waals surface area (Å²) in [6.07, 6.45) is 18.8. The van der Waals surface area contributed by atoms with E-state index in [2.05, 4.69) is 16.9 Å². The Morgan fingerprint density at radius 1 is 0.857 bits per heavy atom. The first-order valence-corrected chi connectivity index (χ1v) is 8.43. The van der Waals surface area contributed by atoms with Crippen LogP contribution in [0.15, 0.2) is 18.5 Å². The molecule has 0 unspecified atom stereocenters. The first-order valence-electron chi connectivity index (χ1n) is 8.43. The SMILES string of the molecule is [CH2-]C1CCCCC1.[Zn].c1cnc(CC2CCCCC2)nc1. The largest absolute Gasteiger partial charge is 0.340 e. The minimum Gasteiger partial charge on any atom is -0.340 e. The van der Waals surface area contributed by atoms with E-state index in [0.29, 0.717) is 0 Å². The molecule has 114 valence electrons. The number of hydrogen-bond donors (Lipinski definition) is 0. The summed E-state index contributed by atoms with van der Waals surface area (Å²) in [7, 11) is 0. The summed E-state index contributed by atoms with van der Waals surface area (Å²) in [6, 6.07) is 1.88. The monoisotopic (exact) mass is 337 g/mol. The van der Waals surface area contributed by atoms with Gasteiger partial charge in [0.25, 0.3) is 0 Å². The van der Waals surface area contributed by atoms with Gasteiger partial charge in [-0.3, -0.25) is 0 Å². The Balaban J connectivity index is 0.000000236. The van der Waals surface area contributed by atoms with Gasteiger partial charge in [-0.25, -0.2) is 9.97 Å². The van der Waals surface area contributed by atoms with Crippen LogP contribution in [0.25, 0.3) is 0 Å². The average Bonchev–Trinajstić information content (AvgIpc) is 2.51. The molecule has 2 nitrogen and oxygen atoms in total. The normalized spacial score (nSPS) is 20.0. The van der Waals surface area contributed by atoms with Crippen molar-refractivity contribution in [2.75, 3.05) is 0 Å². The van der Waals surface area contributed by atoms with E-state index < -0.39 is 0 Å². The van der Waals surface area contributed by atoms with Crippen LogP contribution in [-0.4, -0.2) is 9.97 Å². The van der Waals surface area contributed by atoms with E-state index in [4.69, 9.17) is 0 Å². The van der Waals surface area contributed by atoms with Crippen molar-refractivity contribution in [2.45, 2.75) is 70.6 Å². The Kier molecular flexibility index (Phi) is 10.1. The van der Waals surface area contributed by atoms with Crippen molar-refractivity contribution in [3.05, 3.63) is 31.2 Å². The number of rotatable bonds is 2. The van der Waals surface area contributed by atoms with Crippen LogP contribution < -0.4 is 0 Å². The molecule has 2 fully saturated rings. The molecule has 0 amide bonds. The Labute approximate surface area is 143 Å². The zero-order valence-corrected chi connectivity index (χ0v) is 16.4. The van der Waals surface area contributed by atoms with Crippen molar-refractivity contribution >= 4 is 0 Å². The average molecular weight is 339 g/mol. The van der Waals surface area contributed by atoms with E-state index in [1.54, 1.807) is 0 Å².